The molecule has 1 aliphatic heterocycles. The Labute approximate surface area is 177 Å². The Kier molecular flexibility index (Phi) is 7.81. The summed E-state index contributed by atoms with van der Waals surface area (Å²) in [5.74, 6) is -0.643. The van der Waals surface area contributed by atoms with E-state index < -0.39 is 33.4 Å². The van der Waals surface area contributed by atoms with E-state index in [0.29, 0.717) is 0 Å². The summed E-state index contributed by atoms with van der Waals surface area (Å²) < 4.78 is 38.7. The van der Waals surface area contributed by atoms with Gasteiger partial charge in [-0.05, 0) is 32.8 Å². The van der Waals surface area contributed by atoms with Crippen molar-refractivity contribution in [3.05, 3.63) is 35.9 Å². The van der Waals surface area contributed by atoms with Crippen LogP contribution in [0.1, 0.15) is 32.8 Å². The van der Waals surface area contributed by atoms with E-state index in [9.17, 15) is 18.0 Å². The summed E-state index contributed by atoms with van der Waals surface area (Å²) in [5.41, 5.74) is 4.90. The van der Waals surface area contributed by atoms with Crippen LogP contribution in [-0.4, -0.2) is 62.1 Å². The van der Waals surface area contributed by atoms with Crippen LogP contribution in [0.5, 0.6) is 0 Å². The Morgan fingerprint density at radius 3 is 2.50 bits per heavy atom. The van der Waals surface area contributed by atoms with Gasteiger partial charge in [0, 0.05) is 26.2 Å². The van der Waals surface area contributed by atoms with Gasteiger partial charge in [-0.25, -0.2) is 14.3 Å². The Hall–Kier alpha value is -2.21. The number of nitrogens with two attached hydrogens (primary N) is 1. The fourth-order valence-electron chi connectivity index (χ4n) is 2.79. The molecule has 1 heterocycles. The number of hydrogen-bond acceptors (Lipinski definition) is 7. The second-order valence-corrected chi connectivity index (χ2v) is 9.88. The van der Waals surface area contributed by atoms with Crippen molar-refractivity contribution in [2.45, 2.75) is 44.9 Å². The number of rotatable bonds is 8. The normalized spacial score (nSPS) is 20.0. The third kappa shape index (κ3) is 7.24. The zero-order chi connectivity index (χ0) is 22.4. The largest absolute Gasteiger partial charge is 0.459 e. The molecule has 0 bridgehead atoms. The lowest BCUT2D eigenvalue weighted by Gasteiger charge is -2.23. The van der Waals surface area contributed by atoms with Gasteiger partial charge in [0.2, 0.25) is 0 Å². The molecule has 2 rings (SSSR count). The monoisotopic (exact) mass is 442 g/mol. The highest BCUT2D eigenvalue weighted by Gasteiger charge is 2.46. The van der Waals surface area contributed by atoms with Crippen LogP contribution in [0.25, 0.3) is 0 Å². The van der Waals surface area contributed by atoms with E-state index in [1.165, 1.54) is 0 Å². The summed E-state index contributed by atoms with van der Waals surface area (Å²) >= 11 is 0. The second-order valence-electron chi connectivity index (χ2n) is 8.13. The van der Waals surface area contributed by atoms with Crippen molar-refractivity contribution in [3.63, 3.8) is 0 Å². The van der Waals surface area contributed by atoms with Crippen LogP contribution in [0.15, 0.2) is 30.3 Å². The Morgan fingerprint density at radius 1 is 1.20 bits per heavy atom. The van der Waals surface area contributed by atoms with Gasteiger partial charge in [0.15, 0.2) is 0 Å². The number of carbonyl (C=O) groups excluding carboxylic acids is 2. The summed E-state index contributed by atoms with van der Waals surface area (Å²) in [4.78, 5) is 24.0. The van der Waals surface area contributed by atoms with Crippen LogP contribution in [0.3, 0.4) is 0 Å². The number of carbonyl (C=O) groups is 2. The van der Waals surface area contributed by atoms with Crippen molar-refractivity contribution in [1.29, 1.82) is 0 Å². The van der Waals surface area contributed by atoms with E-state index in [0.717, 1.165) is 9.87 Å². The van der Waals surface area contributed by atoms with Gasteiger partial charge in [0.1, 0.15) is 17.7 Å². The first-order chi connectivity index (χ1) is 13.9. The van der Waals surface area contributed by atoms with E-state index >= 15 is 0 Å². The summed E-state index contributed by atoms with van der Waals surface area (Å²) in [5, 5.41) is 2.46. The van der Waals surface area contributed by atoms with Gasteiger partial charge in [-0.1, -0.05) is 30.3 Å². The Morgan fingerprint density at radius 2 is 1.87 bits per heavy atom. The van der Waals surface area contributed by atoms with Crippen molar-refractivity contribution in [2.75, 3.05) is 26.2 Å². The smallest absolute Gasteiger partial charge is 0.407 e. The molecule has 4 N–H and O–H groups in total. The molecule has 0 aliphatic carbocycles. The number of alkyl carbamates (subject to hydrolysis) is 1. The summed E-state index contributed by atoms with van der Waals surface area (Å²) in [6, 6.07) is 9.14. The number of benzene rings is 1. The van der Waals surface area contributed by atoms with Gasteiger partial charge in [-0.15, -0.1) is 0 Å². The molecular weight excluding hydrogens is 412 g/mol. The average molecular weight is 443 g/mol. The summed E-state index contributed by atoms with van der Waals surface area (Å²) in [6.07, 6.45) is -0.484. The van der Waals surface area contributed by atoms with Crippen LogP contribution in [0, 0.1) is 0 Å². The van der Waals surface area contributed by atoms with Crippen molar-refractivity contribution >= 4 is 22.3 Å². The van der Waals surface area contributed by atoms with Crippen LogP contribution in [0.2, 0.25) is 0 Å². The molecule has 0 unspecified atom stereocenters. The van der Waals surface area contributed by atoms with E-state index in [-0.39, 0.29) is 39.2 Å². The minimum absolute atomic E-state index is 0.0336. The highest BCUT2D eigenvalue weighted by atomic mass is 32.2. The maximum atomic E-state index is 12.5. The molecule has 0 saturated carbocycles. The first-order valence-electron chi connectivity index (χ1n) is 9.63. The quantitative estimate of drug-likeness (QED) is 0.393. The lowest BCUT2D eigenvalue weighted by atomic mass is 10.0. The van der Waals surface area contributed by atoms with E-state index in [4.69, 9.17) is 15.2 Å². The van der Waals surface area contributed by atoms with Crippen molar-refractivity contribution < 1.29 is 27.5 Å². The van der Waals surface area contributed by atoms with Gasteiger partial charge in [0.05, 0.1) is 0 Å². The molecule has 30 heavy (non-hydrogen) atoms. The number of ether oxygens (including phenoxy) is 2. The number of nitrogens with zero attached hydrogens (tertiary/aromatic N) is 1. The van der Waals surface area contributed by atoms with Crippen LogP contribution in [-0.2, 0) is 31.1 Å². The van der Waals surface area contributed by atoms with Gasteiger partial charge >= 0.3 is 12.1 Å². The second kappa shape index (κ2) is 9.73. The highest BCUT2D eigenvalue weighted by Crippen LogP contribution is 2.23. The van der Waals surface area contributed by atoms with Crippen molar-refractivity contribution in [1.82, 2.24) is 14.3 Å². The van der Waals surface area contributed by atoms with Gasteiger partial charge in [0.25, 0.3) is 10.2 Å². The van der Waals surface area contributed by atoms with Crippen molar-refractivity contribution in [2.24, 2.45) is 5.73 Å². The maximum absolute atomic E-state index is 12.5. The van der Waals surface area contributed by atoms with Crippen LogP contribution < -0.4 is 15.8 Å². The van der Waals surface area contributed by atoms with Gasteiger partial charge < -0.3 is 20.5 Å². The minimum Gasteiger partial charge on any atom is -0.459 e. The zero-order valence-electron chi connectivity index (χ0n) is 17.5. The fourth-order valence-corrected chi connectivity index (χ4v) is 4.06. The van der Waals surface area contributed by atoms with E-state index in [1.54, 1.807) is 20.8 Å². The molecule has 0 spiro atoms. The number of esters is 1. The standard InChI is InChI=1S/C19H30N4O6S/c1-18(2,3)29-17(25)21-10-11-22-30(26,27)23-12-9-19(20,14-23)16(24)28-13-15-7-5-4-6-8-15/h4-8,22H,9-14,20H2,1-3H3,(H,21,25)/t19-/m1/s1. The molecule has 0 radical (unpaired) electrons. The van der Waals surface area contributed by atoms with Crippen LogP contribution in [0.4, 0.5) is 4.79 Å². The fraction of sp³-hybridized carbons (Fsp3) is 0.579. The third-order valence-corrected chi connectivity index (χ3v) is 5.86. The first-order valence-corrected chi connectivity index (χ1v) is 11.1. The van der Waals surface area contributed by atoms with Gasteiger partial charge in [-0.2, -0.15) is 12.7 Å². The van der Waals surface area contributed by atoms with Crippen molar-refractivity contribution in [3.8, 4) is 0 Å². The molecule has 1 atom stereocenters. The Bertz CT molecular complexity index is 840. The van der Waals surface area contributed by atoms with E-state index in [1.807, 2.05) is 30.3 Å². The maximum Gasteiger partial charge on any atom is 0.407 e. The molecular formula is C19H30N4O6S. The summed E-state index contributed by atoms with van der Waals surface area (Å²) in [6.45, 7) is 5.18. The van der Waals surface area contributed by atoms with E-state index in [2.05, 4.69) is 10.0 Å². The Balaban J connectivity index is 1.79. The predicted molar refractivity (Wildman–Crippen MR) is 111 cm³/mol. The average Bonchev–Trinajstić information content (AvgIpc) is 3.07. The minimum atomic E-state index is -3.86. The molecule has 1 amide bonds. The molecule has 1 saturated heterocycles. The highest BCUT2D eigenvalue weighted by molar-refractivity contribution is 7.87. The zero-order valence-corrected chi connectivity index (χ0v) is 18.3. The lowest BCUT2D eigenvalue weighted by Crippen LogP contribution is -2.52. The third-order valence-electron chi connectivity index (χ3n) is 4.30. The predicted octanol–water partition coefficient (Wildman–Crippen LogP) is 0.492. The first kappa shape index (κ1) is 24.1. The lowest BCUT2D eigenvalue weighted by molar-refractivity contribution is -0.150. The topological polar surface area (TPSA) is 140 Å². The van der Waals surface area contributed by atoms with Crippen LogP contribution >= 0.6 is 0 Å². The molecule has 10 nitrogen and oxygen atoms in total. The van der Waals surface area contributed by atoms with Gasteiger partial charge in [-0.3, -0.25) is 0 Å². The number of amides is 1. The molecule has 11 heteroatoms. The number of nitrogens with one attached hydrogen (secondary N) is 2. The molecule has 1 aromatic rings. The molecule has 0 aromatic heterocycles. The number of hydrogen-bond donors (Lipinski definition) is 3. The molecule has 1 fully saturated rings. The SMILES string of the molecule is CC(C)(C)OC(=O)NCCNS(=O)(=O)N1CC[C@](N)(C(=O)OCc2ccccc2)C1. The molecule has 1 aliphatic rings. The molecule has 1 aromatic carbocycles. The molecule has 168 valence electrons. The summed E-state index contributed by atoms with van der Waals surface area (Å²) in [7, 11) is -3.86.